The summed E-state index contributed by atoms with van der Waals surface area (Å²) < 4.78 is 45.5. The first kappa shape index (κ1) is 26.1. The molecule has 35 heavy (non-hydrogen) atoms. The van der Waals surface area contributed by atoms with Crippen LogP contribution in [0.1, 0.15) is 50.7 Å². The van der Waals surface area contributed by atoms with Crippen molar-refractivity contribution < 1.29 is 37.4 Å². The third kappa shape index (κ3) is 4.96. The molecule has 2 atom stereocenters. The van der Waals surface area contributed by atoms with Crippen LogP contribution in [0, 0.1) is 0 Å². The summed E-state index contributed by atoms with van der Waals surface area (Å²) in [6.07, 6.45) is -5.98. The summed E-state index contributed by atoms with van der Waals surface area (Å²) in [7, 11) is 0. The number of carboxylic acids is 1. The molecular weight excluding hydrogens is 465 g/mol. The second-order valence-corrected chi connectivity index (χ2v) is 8.91. The number of fused-ring (bicyclic) bond motifs is 3. The smallest absolute Gasteiger partial charge is 0.422 e. The maximum Gasteiger partial charge on any atom is 0.422 e. The number of carbonyl (C=O) groups excluding carboxylic acids is 2. The van der Waals surface area contributed by atoms with E-state index in [0.29, 0.717) is 13.3 Å². The Balaban J connectivity index is 1.75. The molecule has 188 valence electrons. The molecule has 0 bridgehead atoms. The third-order valence-corrected chi connectivity index (χ3v) is 6.33. The van der Waals surface area contributed by atoms with Gasteiger partial charge in [-0.15, -0.1) is 0 Å². The van der Waals surface area contributed by atoms with Gasteiger partial charge in [-0.1, -0.05) is 61.9 Å². The van der Waals surface area contributed by atoms with Gasteiger partial charge in [-0.25, -0.2) is 9.59 Å². The Morgan fingerprint density at radius 3 is 1.91 bits per heavy atom. The van der Waals surface area contributed by atoms with E-state index in [0.717, 1.165) is 22.3 Å². The molecule has 0 fully saturated rings. The number of hydrogen-bond acceptors (Lipinski definition) is 4. The molecule has 2 amide bonds. The van der Waals surface area contributed by atoms with Crippen LogP contribution >= 0.6 is 0 Å². The Kier molecular flexibility index (Phi) is 7.14. The number of nitrogens with one attached hydrogen (secondary N) is 2. The van der Waals surface area contributed by atoms with Crippen molar-refractivity contribution in [3.63, 3.8) is 0 Å². The number of rotatable bonds is 8. The van der Waals surface area contributed by atoms with E-state index in [-0.39, 0.29) is 18.9 Å². The molecule has 2 unspecified atom stereocenters. The van der Waals surface area contributed by atoms with E-state index in [9.17, 15) is 27.6 Å². The second kappa shape index (κ2) is 9.59. The Morgan fingerprint density at radius 2 is 1.46 bits per heavy atom. The normalized spacial score (nSPS) is 16.3. The van der Waals surface area contributed by atoms with E-state index in [1.807, 2.05) is 48.5 Å². The van der Waals surface area contributed by atoms with Crippen LogP contribution in [-0.4, -0.2) is 46.9 Å². The number of amides is 2. The average Bonchev–Trinajstić information content (AvgIpc) is 3.10. The van der Waals surface area contributed by atoms with Crippen molar-refractivity contribution in [1.82, 2.24) is 10.6 Å². The van der Waals surface area contributed by atoms with Crippen molar-refractivity contribution in [3.8, 4) is 11.1 Å². The number of alkyl halides is 3. The van der Waals surface area contributed by atoms with Crippen LogP contribution in [0.4, 0.5) is 18.0 Å². The molecule has 2 aromatic rings. The van der Waals surface area contributed by atoms with Crippen LogP contribution in [0.15, 0.2) is 48.5 Å². The number of ether oxygens (including phenoxy) is 1. The van der Waals surface area contributed by atoms with Crippen molar-refractivity contribution in [2.24, 2.45) is 0 Å². The summed E-state index contributed by atoms with van der Waals surface area (Å²) in [6, 6.07) is 15.4. The lowest BCUT2D eigenvalue weighted by atomic mass is 9.92. The van der Waals surface area contributed by atoms with Gasteiger partial charge in [0.05, 0.1) is 0 Å². The van der Waals surface area contributed by atoms with E-state index >= 15 is 0 Å². The number of halogens is 3. The Hall–Kier alpha value is -3.56. The maximum absolute atomic E-state index is 13.4. The van der Waals surface area contributed by atoms with Gasteiger partial charge in [0.2, 0.25) is 11.4 Å². The van der Waals surface area contributed by atoms with E-state index in [2.05, 4.69) is 5.32 Å². The van der Waals surface area contributed by atoms with Gasteiger partial charge in [0.1, 0.15) is 12.1 Å². The minimum atomic E-state index is -5.26. The van der Waals surface area contributed by atoms with Gasteiger partial charge in [0.25, 0.3) is 0 Å². The van der Waals surface area contributed by atoms with Crippen LogP contribution in [0.5, 0.6) is 0 Å². The van der Waals surface area contributed by atoms with Gasteiger partial charge in [-0.2, -0.15) is 13.2 Å². The zero-order chi connectivity index (χ0) is 26.0. The molecule has 2 aromatic carbocycles. The summed E-state index contributed by atoms with van der Waals surface area (Å²) in [5.41, 5.74) is -1.38. The maximum atomic E-state index is 13.4. The number of carboxylic acid groups (broad SMARTS) is 1. The van der Waals surface area contributed by atoms with Crippen molar-refractivity contribution >= 4 is 18.0 Å². The Labute approximate surface area is 200 Å². The van der Waals surface area contributed by atoms with Gasteiger partial charge in [-0.3, -0.25) is 4.79 Å². The molecular formula is C25H27F3N2O5. The Morgan fingerprint density at radius 1 is 0.943 bits per heavy atom. The standard InChI is InChI=1S/C25H27F3N2O5/c1-4-13-23(2,20(31)29-24(3,21(32)33)25(26,27)28)30-22(34)35-14-19-17-11-7-5-9-15(17)16-10-6-8-12-18(16)19/h5-12,19H,4,13-14H2,1-3H3,(H,29,31)(H,30,34)(H,32,33). The predicted molar refractivity (Wildman–Crippen MR) is 122 cm³/mol. The highest BCUT2D eigenvalue weighted by Crippen LogP contribution is 2.44. The van der Waals surface area contributed by atoms with Crippen molar-refractivity contribution in [2.45, 2.75) is 56.8 Å². The molecule has 3 N–H and O–H groups in total. The first-order chi connectivity index (χ1) is 16.3. The lowest BCUT2D eigenvalue weighted by Gasteiger charge is -2.35. The molecule has 0 saturated carbocycles. The SMILES string of the molecule is CCCC(C)(NC(=O)OCC1c2ccccc2-c2ccccc21)C(=O)NC(C)(C(=O)O)C(F)(F)F. The van der Waals surface area contributed by atoms with Crippen LogP contribution in [0.3, 0.4) is 0 Å². The van der Waals surface area contributed by atoms with E-state index < -0.39 is 35.2 Å². The zero-order valence-corrected chi connectivity index (χ0v) is 19.5. The molecule has 0 spiro atoms. The first-order valence-corrected chi connectivity index (χ1v) is 11.1. The molecule has 0 radical (unpaired) electrons. The van der Waals surface area contributed by atoms with Crippen LogP contribution in [-0.2, 0) is 14.3 Å². The quantitative estimate of drug-likeness (QED) is 0.499. The zero-order valence-electron chi connectivity index (χ0n) is 19.5. The summed E-state index contributed by atoms with van der Waals surface area (Å²) in [4.78, 5) is 36.8. The Bertz CT molecular complexity index is 1090. The third-order valence-electron chi connectivity index (χ3n) is 6.33. The second-order valence-electron chi connectivity index (χ2n) is 8.91. The number of alkyl carbamates (subject to hydrolysis) is 1. The first-order valence-electron chi connectivity index (χ1n) is 11.1. The fourth-order valence-electron chi connectivity index (χ4n) is 4.20. The van der Waals surface area contributed by atoms with Gasteiger partial charge in [0.15, 0.2) is 0 Å². The molecule has 0 aromatic heterocycles. The van der Waals surface area contributed by atoms with Gasteiger partial charge >= 0.3 is 18.2 Å². The summed E-state index contributed by atoms with van der Waals surface area (Å²) in [5, 5.41) is 13.0. The monoisotopic (exact) mass is 492 g/mol. The predicted octanol–water partition coefficient (Wildman–Crippen LogP) is 4.61. The minimum Gasteiger partial charge on any atom is -0.479 e. The van der Waals surface area contributed by atoms with E-state index in [4.69, 9.17) is 9.84 Å². The minimum absolute atomic E-state index is 0.0451. The van der Waals surface area contributed by atoms with Gasteiger partial charge in [0, 0.05) is 5.92 Å². The number of benzene rings is 2. The van der Waals surface area contributed by atoms with Gasteiger partial charge in [-0.05, 0) is 42.5 Å². The van der Waals surface area contributed by atoms with E-state index in [1.165, 1.54) is 6.92 Å². The molecule has 7 nitrogen and oxygen atoms in total. The van der Waals surface area contributed by atoms with Crippen LogP contribution in [0.25, 0.3) is 11.1 Å². The van der Waals surface area contributed by atoms with Gasteiger partial charge < -0.3 is 20.5 Å². The van der Waals surface area contributed by atoms with Crippen molar-refractivity contribution in [3.05, 3.63) is 59.7 Å². The molecule has 0 saturated heterocycles. The highest BCUT2D eigenvalue weighted by molar-refractivity contribution is 5.94. The topological polar surface area (TPSA) is 105 Å². The molecule has 10 heteroatoms. The number of carbonyl (C=O) groups is 3. The molecule has 3 rings (SSSR count). The van der Waals surface area contributed by atoms with Crippen LogP contribution in [0.2, 0.25) is 0 Å². The molecule has 0 heterocycles. The summed E-state index contributed by atoms with van der Waals surface area (Å²) in [5.74, 6) is -3.80. The van der Waals surface area contributed by atoms with E-state index in [1.54, 1.807) is 12.2 Å². The molecule has 0 aliphatic heterocycles. The number of hydrogen-bond donors (Lipinski definition) is 3. The lowest BCUT2D eigenvalue weighted by molar-refractivity contribution is -0.207. The average molecular weight is 492 g/mol. The fraction of sp³-hybridized carbons (Fsp3) is 0.400. The highest BCUT2D eigenvalue weighted by Gasteiger charge is 2.59. The summed E-state index contributed by atoms with van der Waals surface area (Å²) >= 11 is 0. The lowest BCUT2D eigenvalue weighted by Crippen LogP contribution is -2.67. The molecule has 1 aliphatic carbocycles. The van der Waals surface area contributed by atoms with Crippen LogP contribution < -0.4 is 10.6 Å². The highest BCUT2D eigenvalue weighted by atomic mass is 19.4. The molecule has 1 aliphatic rings. The largest absolute Gasteiger partial charge is 0.479 e. The fourth-order valence-corrected chi connectivity index (χ4v) is 4.20. The summed E-state index contributed by atoms with van der Waals surface area (Å²) in [6.45, 7) is 3.20. The number of aliphatic carboxylic acids is 1. The van der Waals surface area contributed by atoms with Crippen molar-refractivity contribution in [2.75, 3.05) is 6.61 Å². The van der Waals surface area contributed by atoms with Crippen molar-refractivity contribution in [1.29, 1.82) is 0 Å².